The van der Waals surface area contributed by atoms with Crippen molar-refractivity contribution < 1.29 is 17.6 Å². The first-order chi connectivity index (χ1) is 15.1. The molecular weight excluding hydrogens is 427 g/mol. The Hall–Kier alpha value is -3.19. The van der Waals surface area contributed by atoms with Crippen molar-refractivity contribution in [1.29, 1.82) is 0 Å². The van der Waals surface area contributed by atoms with Gasteiger partial charge in [-0.2, -0.15) is 0 Å². The molecule has 0 aliphatic rings. The second-order valence-electron chi connectivity index (χ2n) is 8.03. The van der Waals surface area contributed by atoms with E-state index < -0.39 is 27.0 Å². The van der Waals surface area contributed by atoms with Crippen molar-refractivity contribution in [2.75, 3.05) is 9.62 Å². The van der Waals surface area contributed by atoms with Crippen molar-refractivity contribution >= 4 is 27.3 Å². The molecule has 3 aromatic rings. The lowest BCUT2D eigenvalue weighted by molar-refractivity contribution is 0.102. The number of carbonyl (C=O) groups excluding carboxylic acids is 1. The molecule has 0 atom stereocenters. The minimum absolute atomic E-state index is 0.168. The van der Waals surface area contributed by atoms with E-state index in [0.717, 1.165) is 16.7 Å². The van der Waals surface area contributed by atoms with Crippen LogP contribution in [0.5, 0.6) is 0 Å². The zero-order valence-electron chi connectivity index (χ0n) is 18.6. The smallest absolute Gasteiger partial charge is 0.255 e. The molecule has 0 saturated carbocycles. The lowest BCUT2D eigenvalue weighted by atomic mass is 10.1. The molecule has 3 rings (SSSR count). The second-order valence-corrected chi connectivity index (χ2v) is 10.4. The average molecular weight is 455 g/mol. The molecule has 5 nitrogen and oxygen atoms in total. The summed E-state index contributed by atoms with van der Waals surface area (Å²) in [6.07, 6.45) is 0. The van der Waals surface area contributed by atoms with E-state index in [-0.39, 0.29) is 12.1 Å². The molecule has 32 heavy (non-hydrogen) atoms. The summed E-state index contributed by atoms with van der Waals surface area (Å²) in [5.74, 6) is -0.901. The standard InChI is InChI=1S/C25H27FN2O3S/c1-17(2)32(30,31)28(24-13-8-18(3)19(4)14-24)16-20-9-11-23(12-10-20)27-25(29)21-6-5-7-22(26)15-21/h5-15,17H,16H2,1-4H3,(H,27,29). The lowest BCUT2D eigenvalue weighted by Gasteiger charge is -2.27. The molecule has 0 radical (unpaired) electrons. The Bertz CT molecular complexity index is 1220. The number of hydrogen-bond donors (Lipinski definition) is 1. The molecule has 0 bridgehead atoms. The Morgan fingerprint density at radius 2 is 1.66 bits per heavy atom. The number of nitrogens with zero attached hydrogens (tertiary/aromatic N) is 1. The van der Waals surface area contributed by atoms with Crippen molar-refractivity contribution in [3.63, 3.8) is 0 Å². The summed E-state index contributed by atoms with van der Waals surface area (Å²) in [5.41, 5.74) is 4.25. The van der Waals surface area contributed by atoms with Gasteiger partial charge < -0.3 is 5.32 Å². The van der Waals surface area contributed by atoms with Gasteiger partial charge in [-0.3, -0.25) is 9.10 Å². The van der Waals surface area contributed by atoms with Crippen molar-refractivity contribution in [2.24, 2.45) is 0 Å². The summed E-state index contributed by atoms with van der Waals surface area (Å²) in [6, 6.07) is 18.0. The fourth-order valence-corrected chi connectivity index (χ4v) is 4.40. The van der Waals surface area contributed by atoms with Gasteiger partial charge in [0.05, 0.1) is 17.5 Å². The van der Waals surface area contributed by atoms with Gasteiger partial charge in [0.25, 0.3) is 5.91 Å². The number of carbonyl (C=O) groups is 1. The number of amides is 1. The molecule has 0 unspecified atom stereocenters. The van der Waals surface area contributed by atoms with Crippen LogP contribution in [0.1, 0.15) is 40.9 Å². The van der Waals surface area contributed by atoms with Gasteiger partial charge in [-0.1, -0.05) is 24.3 Å². The molecule has 0 fully saturated rings. The average Bonchev–Trinajstić information content (AvgIpc) is 2.75. The van der Waals surface area contributed by atoms with Gasteiger partial charge in [-0.05, 0) is 86.8 Å². The van der Waals surface area contributed by atoms with Crippen LogP contribution in [-0.4, -0.2) is 19.6 Å². The van der Waals surface area contributed by atoms with Gasteiger partial charge in [0.2, 0.25) is 10.0 Å². The van der Waals surface area contributed by atoms with Crippen LogP contribution in [0, 0.1) is 19.7 Å². The molecule has 0 spiro atoms. The van der Waals surface area contributed by atoms with Gasteiger partial charge in [-0.15, -0.1) is 0 Å². The molecule has 0 aliphatic carbocycles. The molecule has 7 heteroatoms. The van der Waals surface area contributed by atoms with E-state index >= 15 is 0 Å². The highest BCUT2D eigenvalue weighted by molar-refractivity contribution is 7.93. The van der Waals surface area contributed by atoms with Crippen LogP contribution >= 0.6 is 0 Å². The maximum absolute atomic E-state index is 13.3. The van der Waals surface area contributed by atoms with Crippen LogP contribution in [0.2, 0.25) is 0 Å². The summed E-state index contributed by atoms with van der Waals surface area (Å²) in [5, 5.41) is 2.15. The van der Waals surface area contributed by atoms with E-state index in [1.54, 1.807) is 38.1 Å². The van der Waals surface area contributed by atoms with Crippen LogP contribution in [0.3, 0.4) is 0 Å². The van der Waals surface area contributed by atoms with Gasteiger partial charge >= 0.3 is 0 Å². The second kappa shape index (κ2) is 9.53. The van der Waals surface area contributed by atoms with E-state index in [0.29, 0.717) is 11.4 Å². The normalized spacial score (nSPS) is 11.4. The predicted octanol–water partition coefficient (Wildman–Crippen LogP) is 5.44. The van der Waals surface area contributed by atoms with Crippen molar-refractivity contribution in [3.8, 4) is 0 Å². The molecule has 168 valence electrons. The minimum atomic E-state index is -3.56. The molecule has 0 aliphatic heterocycles. The Kier molecular flexibility index (Phi) is 6.99. The van der Waals surface area contributed by atoms with Crippen LogP contribution in [0.4, 0.5) is 15.8 Å². The topological polar surface area (TPSA) is 66.5 Å². The Morgan fingerprint density at radius 3 is 2.25 bits per heavy atom. The highest BCUT2D eigenvalue weighted by atomic mass is 32.2. The van der Waals surface area contributed by atoms with Gasteiger partial charge in [0.15, 0.2) is 0 Å². The molecule has 1 N–H and O–H groups in total. The number of halogens is 1. The molecular formula is C25H27FN2O3S. The molecule has 0 heterocycles. The highest BCUT2D eigenvalue weighted by Crippen LogP contribution is 2.26. The maximum Gasteiger partial charge on any atom is 0.255 e. The number of rotatable bonds is 7. The fraction of sp³-hybridized carbons (Fsp3) is 0.240. The predicted molar refractivity (Wildman–Crippen MR) is 127 cm³/mol. The first-order valence-corrected chi connectivity index (χ1v) is 11.8. The number of anilines is 2. The highest BCUT2D eigenvalue weighted by Gasteiger charge is 2.26. The summed E-state index contributed by atoms with van der Waals surface area (Å²) >= 11 is 0. The monoisotopic (exact) mass is 454 g/mol. The third-order valence-electron chi connectivity index (χ3n) is 5.31. The minimum Gasteiger partial charge on any atom is -0.322 e. The molecule has 3 aromatic carbocycles. The first kappa shape index (κ1) is 23.5. The Balaban J connectivity index is 1.82. The van der Waals surface area contributed by atoms with Crippen molar-refractivity contribution in [2.45, 2.75) is 39.5 Å². The molecule has 0 aromatic heterocycles. The number of sulfonamides is 1. The fourth-order valence-electron chi connectivity index (χ4n) is 3.16. The van der Waals surface area contributed by atoms with Crippen molar-refractivity contribution in [1.82, 2.24) is 0 Å². The summed E-state index contributed by atoms with van der Waals surface area (Å²) in [6.45, 7) is 7.43. The lowest BCUT2D eigenvalue weighted by Crippen LogP contribution is -2.36. The zero-order valence-corrected chi connectivity index (χ0v) is 19.4. The zero-order chi connectivity index (χ0) is 23.5. The number of nitrogens with one attached hydrogen (secondary N) is 1. The van der Waals surface area contributed by atoms with Crippen molar-refractivity contribution in [3.05, 3.63) is 94.8 Å². The maximum atomic E-state index is 13.3. The van der Waals surface area contributed by atoms with Gasteiger partial charge in [0.1, 0.15) is 5.82 Å². The number of aryl methyl sites for hydroxylation is 2. The van der Waals surface area contributed by atoms with E-state index in [1.807, 2.05) is 32.0 Å². The first-order valence-electron chi connectivity index (χ1n) is 10.3. The summed E-state index contributed by atoms with van der Waals surface area (Å²) in [7, 11) is -3.56. The van der Waals surface area contributed by atoms with Gasteiger partial charge in [-0.25, -0.2) is 12.8 Å². The van der Waals surface area contributed by atoms with E-state index in [4.69, 9.17) is 0 Å². The largest absolute Gasteiger partial charge is 0.322 e. The third kappa shape index (κ3) is 5.34. The van der Waals surface area contributed by atoms with Crippen LogP contribution in [0.15, 0.2) is 66.7 Å². The summed E-state index contributed by atoms with van der Waals surface area (Å²) in [4.78, 5) is 12.3. The van der Waals surface area contributed by atoms with E-state index in [9.17, 15) is 17.6 Å². The number of hydrogen-bond acceptors (Lipinski definition) is 3. The van der Waals surface area contributed by atoms with Crippen LogP contribution < -0.4 is 9.62 Å². The van der Waals surface area contributed by atoms with E-state index in [2.05, 4.69) is 5.32 Å². The SMILES string of the molecule is Cc1ccc(N(Cc2ccc(NC(=O)c3cccc(F)c3)cc2)S(=O)(=O)C(C)C)cc1C. The van der Waals surface area contributed by atoms with Crippen LogP contribution in [0.25, 0.3) is 0 Å². The van der Waals surface area contributed by atoms with Gasteiger partial charge in [0, 0.05) is 11.3 Å². The third-order valence-corrected chi connectivity index (χ3v) is 7.45. The number of benzene rings is 3. The molecule has 1 amide bonds. The van der Waals surface area contributed by atoms with Crippen LogP contribution in [-0.2, 0) is 16.6 Å². The Morgan fingerprint density at radius 1 is 0.969 bits per heavy atom. The Labute approximate surface area is 188 Å². The summed E-state index contributed by atoms with van der Waals surface area (Å²) < 4.78 is 40.9. The molecule has 0 saturated heterocycles. The van der Waals surface area contributed by atoms with E-state index in [1.165, 1.54) is 28.6 Å². The quantitative estimate of drug-likeness (QED) is 0.517.